The topological polar surface area (TPSA) is 38.1 Å². The Labute approximate surface area is 119 Å². The number of benzene rings is 1. The van der Waals surface area contributed by atoms with Gasteiger partial charge in [0.2, 0.25) is 5.91 Å². The number of fused-ring (bicyclic) bond motifs is 1. The maximum absolute atomic E-state index is 12.3. The van der Waals surface area contributed by atoms with E-state index in [-0.39, 0.29) is 5.91 Å². The smallest absolute Gasteiger partial charge is 0.224 e. The number of carbonyl (C=O) groups is 1. The Hall–Kier alpha value is -1.84. The molecule has 0 radical (unpaired) electrons. The highest BCUT2D eigenvalue weighted by molar-refractivity contribution is 5.78. The van der Waals surface area contributed by atoms with Crippen molar-refractivity contribution in [3.05, 3.63) is 30.6 Å². The van der Waals surface area contributed by atoms with Gasteiger partial charge in [-0.3, -0.25) is 4.79 Å². The summed E-state index contributed by atoms with van der Waals surface area (Å²) in [5.74, 6) is 0.273. The van der Waals surface area contributed by atoms with Crippen molar-refractivity contribution in [2.75, 3.05) is 6.54 Å². The third-order valence-electron chi connectivity index (χ3n) is 4.22. The van der Waals surface area contributed by atoms with Crippen LogP contribution in [0.1, 0.15) is 32.6 Å². The number of piperidine rings is 1. The molecule has 1 aliphatic heterocycles. The van der Waals surface area contributed by atoms with Crippen LogP contribution in [0.3, 0.4) is 0 Å². The van der Waals surface area contributed by atoms with Crippen molar-refractivity contribution >= 4 is 16.9 Å². The number of rotatable bonds is 3. The maximum atomic E-state index is 12.3. The van der Waals surface area contributed by atoms with Gasteiger partial charge >= 0.3 is 0 Å². The van der Waals surface area contributed by atoms with Gasteiger partial charge in [-0.25, -0.2) is 4.98 Å². The van der Waals surface area contributed by atoms with Crippen LogP contribution in [0.5, 0.6) is 0 Å². The number of aromatic nitrogens is 2. The Kier molecular flexibility index (Phi) is 3.72. The first-order chi connectivity index (χ1) is 9.75. The lowest BCUT2D eigenvalue weighted by molar-refractivity contribution is -0.134. The molecule has 1 aromatic carbocycles. The van der Waals surface area contributed by atoms with E-state index < -0.39 is 0 Å². The summed E-state index contributed by atoms with van der Waals surface area (Å²) in [6, 6.07) is 8.45. The highest BCUT2D eigenvalue weighted by Gasteiger charge is 2.22. The summed E-state index contributed by atoms with van der Waals surface area (Å²) in [6.45, 7) is 3.79. The first-order valence-corrected chi connectivity index (χ1v) is 7.45. The zero-order valence-electron chi connectivity index (χ0n) is 12.0. The van der Waals surface area contributed by atoms with Gasteiger partial charge in [0.25, 0.3) is 0 Å². The molecule has 106 valence electrons. The molecule has 4 heteroatoms. The summed E-state index contributed by atoms with van der Waals surface area (Å²) in [5.41, 5.74) is 2.10. The van der Waals surface area contributed by atoms with Crippen LogP contribution in [-0.2, 0) is 11.3 Å². The molecule has 2 heterocycles. The number of amides is 1. The van der Waals surface area contributed by atoms with E-state index in [0.29, 0.717) is 19.0 Å². The molecule has 4 nitrogen and oxygen atoms in total. The van der Waals surface area contributed by atoms with Gasteiger partial charge in [-0.05, 0) is 38.3 Å². The van der Waals surface area contributed by atoms with Crippen molar-refractivity contribution in [3.8, 4) is 0 Å². The number of imidazole rings is 1. The van der Waals surface area contributed by atoms with Gasteiger partial charge in [0, 0.05) is 25.6 Å². The molecule has 1 unspecified atom stereocenters. The minimum absolute atomic E-state index is 0.273. The van der Waals surface area contributed by atoms with E-state index >= 15 is 0 Å². The quantitative estimate of drug-likeness (QED) is 0.861. The number of hydrogen-bond donors (Lipinski definition) is 0. The lowest BCUT2D eigenvalue weighted by atomic mass is 10.0. The minimum atomic E-state index is 0.273. The normalized spacial score (nSPS) is 19.4. The van der Waals surface area contributed by atoms with Gasteiger partial charge < -0.3 is 9.47 Å². The van der Waals surface area contributed by atoms with E-state index in [0.717, 1.165) is 30.4 Å². The molecule has 0 N–H and O–H groups in total. The Morgan fingerprint density at radius 3 is 3.05 bits per heavy atom. The summed E-state index contributed by atoms with van der Waals surface area (Å²) in [7, 11) is 0. The highest BCUT2D eigenvalue weighted by Crippen LogP contribution is 2.18. The van der Waals surface area contributed by atoms with Crippen LogP contribution < -0.4 is 0 Å². The molecular weight excluding hydrogens is 250 g/mol. The second-order valence-electron chi connectivity index (χ2n) is 5.61. The highest BCUT2D eigenvalue weighted by atomic mass is 16.2. The Morgan fingerprint density at radius 1 is 1.35 bits per heavy atom. The predicted octanol–water partition coefficient (Wildman–Crippen LogP) is 2.83. The lowest BCUT2D eigenvalue weighted by Gasteiger charge is -2.33. The Balaban J connectivity index is 1.65. The first-order valence-electron chi connectivity index (χ1n) is 7.45. The van der Waals surface area contributed by atoms with E-state index in [4.69, 9.17) is 0 Å². The van der Waals surface area contributed by atoms with Crippen molar-refractivity contribution in [2.45, 2.75) is 45.2 Å². The van der Waals surface area contributed by atoms with Gasteiger partial charge in [-0.1, -0.05) is 12.1 Å². The van der Waals surface area contributed by atoms with E-state index in [2.05, 4.69) is 22.5 Å². The van der Waals surface area contributed by atoms with Crippen molar-refractivity contribution in [1.82, 2.24) is 14.5 Å². The first kappa shape index (κ1) is 13.2. The van der Waals surface area contributed by atoms with Crippen LogP contribution in [0.25, 0.3) is 11.0 Å². The molecule has 1 atom stereocenters. The molecule has 1 fully saturated rings. The molecule has 1 amide bonds. The van der Waals surface area contributed by atoms with Crippen LogP contribution in [0.15, 0.2) is 30.6 Å². The fourth-order valence-corrected chi connectivity index (χ4v) is 3.02. The van der Waals surface area contributed by atoms with E-state index in [1.54, 1.807) is 0 Å². The molecule has 0 spiro atoms. The van der Waals surface area contributed by atoms with Crippen molar-refractivity contribution in [2.24, 2.45) is 0 Å². The predicted molar refractivity (Wildman–Crippen MR) is 79.4 cm³/mol. The second-order valence-corrected chi connectivity index (χ2v) is 5.61. The van der Waals surface area contributed by atoms with Gasteiger partial charge in [-0.2, -0.15) is 0 Å². The number of likely N-dealkylation sites (tertiary alicyclic amines) is 1. The Bertz CT molecular complexity index is 605. The number of hydrogen-bond acceptors (Lipinski definition) is 2. The minimum Gasteiger partial charge on any atom is -0.340 e. The summed E-state index contributed by atoms with van der Waals surface area (Å²) in [6.07, 6.45) is 5.92. The molecule has 2 aromatic rings. The third kappa shape index (κ3) is 2.55. The lowest BCUT2D eigenvalue weighted by Crippen LogP contribution is -2.42. The third-order valence-corrected chi connectivity index (χ3v) is 4.22. The number of nitrogens with zero attached hydrogens (tertiary/aromatic N) is 3. The molecule has 0 saturated carbocycles. The fraction of sp³-hybridized carbons (Fsp3) is 0.500. The average molecular weight is 271 g/mol. The van der Waals surface area contributed by atoms with Crippen LogP contribution in [0, 0.1) is 0 Å². The van der Waals surface area contributed by atoms with Crippen molar-refractivity contribution < 1.29 is 4.79 Å². The standard InChI is InChI=1S/C16H21N3O/c1-13-6-4-5-10-19(13)16(20)9-11-18-12-17-14-7-2-3-8-15(14)18/h2-3,7-8,12-13H,4-6,9-11H2,1H3. The Morgan fingerprint density at radius 2 is 2.20 bits per heavy atom. The van der Waals surface area contributed by atoms with Crippen LogP contribution in [0.2, 0.25) is 0 Å². The maximum Gasteiger partial charge on any atom is 0.224 e. The summed E-state index contributed by atoms with van der Waals surface area (Å²) < 4.78 is 2.07. The summed E-state index contributed by atoms with van der Waals surface area (Å²) >= 11 is 0. The van der Waals surface area contributed by atoms with Crippen molar-refractivity contribution in [3.63, 3.8) is 0 Å². The SMILES string of the molecule is CC1CCCCN1C(=O)CCn1cnc2ccccc21. The molecule has 1 aromatic heterocycles. The molecule has 1 saturated heterocycles. The van der Waals surface area contributed by atoms with E-state index in [1.165, 1.54) is 6.42 Å². The fourth-order valence-electron chi connectivity index (χ4n) is 3.02. The molecule has 3 rings (SSSR count). The van der Waals surface area contributed by atoms with Crippen LogP contribution in [0.4, 0.5) is 0 Å². The molecule has 0 bridgehead atoms. The molecular formula is C16H21N3O. The zero-order chi connectivity index (χ0) is 13.9. The largest absolute Gasteiger partial charge is 0.340 e. The second kappa shape index (κ2) is 5.65. The van der Waals surface area contributed by atoms with E-state index in [1.807, 2.05) is 29.4 Å². The van der Waals surface area contributed by atoms with Crippen molar-refractivity contribution in [1.29, 1.82) is 0 Å². The zero-order valence-corrected chi connectivity index (χ0v) is 12.0. The van der Waals surface area contributed by atoms with Gasteiger partial charge in [0.15, 0.2) is 0 Å². The average Bonchev–Trinajstić information content (AvgIpc) is 2.88. The molecule has 20 heavy (non-hydrogen) atoms. The van der Waals surface area contributed by atoms with Crippen LogP contribution >= 0.6 is 0 Å². The van der Waals surface area contributed by atoms with Crippen LogP contribution in [-0.4, -0.2) is 32.9 Å². The number of aryl methyl sites for hydroxylation is 1. The van der Waals surface area contributed by atoms with Gasteiger partial charge in [-0.15, -0.1) is 0 Å². The number of carbonyl (C=O) groups excluding carboxylic acids is 1. The summed E-state index contributed by atoms with van der Waals surface area (Å²) in [5, 5.41) is 0. The summed E-state index contributed by atoms with van der Waals surface area (Å²) in [4.78, 5) is 18.7. The van der Waals surface area contributed by atoms with Gasteiger partial charge in [0.05, 0.1) is 17.4 Å². The van der Waals surface area contributed by atoms with Gasteiger partial charge in [0.1, 0.15) is 0 Å². The molecule has 0 aliphatic carbocycles. The molecule has 1 aliphatic rings. The monoisotopic (exact) mass is 271 g/mol. The number of para-hydroxylation sites is 2. The van der Waals surface area contributed by atoms with E-state index in [9.17, 15) is 4.79 Å².